The third-order valence-electron chi connectivity index (χ3n) is 3.34. The highest BCUT2D eigenvalue weighted by Crippen LogP contribution is 2.26. The van der Waals surface area contributed by atoms with Crippen molar-refractivity contribution in [3.63, 3.8) is 0 Å². The first-order valence-corrected chi connectivity index (χ1v) is 7.19. The monoisotopic (exact) mass is 294 g/mol. The number of ether oxygens (including phenoxy) is 2. The molecule has 21 heavy (non-hydrogen) atoms. The quantitative estimate of drug-likeness (QED) is 0.569. The number of nitrogens with two attached hydrogens (primary N) is 1. The molecule has 0 saturated carbocycles. The van der Waals surface area contributed by atoms with Crippen LogP contribution in [0.4, 0.5) is 11.4 Å². The van der Waals surface area contributed by atoms with Gasteiger partial charge in [0.1, 0.15) is 0 Å². The lowest BCUT2D eigenvalue weighted by atomic mass is 9.89. The molecule has 0 bridgehead atoms. The molecule has 0 aliphatic heterocycles. The van der Waals surface area contributed by atoms with Crippen molar-refractivity contribution in [2.75, 3.05) is 37.9 Å². The van der Waals surface area contributed by atoms with Gasteiger partial charge in [-0.15, -0.1) is 0 Å². The van der Waals surface area contributed by atoms with Crippen LogP contribution in [-0.4, -0.2) is 32.8 Å². The van der Waals surface area contributed by atoms with Crippen molar-refractivity contribution in [3.8, 4) is 0 Å². The fourth-order valence-electron chi connectivity index (χ4n) is 1.91. The molecule has 0 aliphatic carbocycles. The Labute approximate surface area is 126 Å². The number of hydrogen-bond donors (Lipinski definition) is 2. The number of nitrogen functional groups attached to an aromatic ring is 1. The summed E-state index contributed by atoms with van der Waals surface area (Å²) in [6.07, 6.45) is 0.938. The summed E-state index contributed by atoms with van der Waals surface area (Å²) in [5.41, 5.74) is 7.71. The van der Waals surface area contributed by atoms with Gasteiger partial charge < -0.3 is 20.5 Å². The SMILES string of the molecule is CCOC(=O)c1cccc(NCC(C)(C)CCOC)c1N. The molecule has 1 aromatic carbocycles. The number of anilines is 2. The highest BCUT2D eigenvalue weighted by Gasteiger charge is 2.19. The standard InChI is InChI=1S/C16H26N2O3/c1-5-21-15(19)12-7-6-8-13(14(12)17)18-11-16(2,3)9-10-20-4/h6-8,18H,5,9-11,17H2,1-4H3. The number of esters is 1. The highest BCUT2D eigenvalue weighted by atomic mass is 16.5. The van der Waals surface area contributed by atoms with E-state index in [0.717, 1.165) is 18.7 Å². The molecule has 0 spiro atoms. The van der Waals surface area contributed by atoms with E-state index in [2.05, 4.69) is 19.2 Å². The lowest BCUT2D eigenvalue weighted by molar-refractivity contribution is 0.0527. The lowest BCUT2D eigenvalue weighted by Gasteiger charge is -2.25. The fraction of sp³-hybridized carbons (Fsp3) is 0.562. The number of carbonyl (C=O) groups excluding carboxylic acids is 1. The topological polar surface area (TPSA) is 73.6 Å². The van der Waals surface area contributed by atoms with E-state index in [4.69, 9.17) is 15.2 Å². The Morgan fingerprint density at radius 2 is 2.10 bits per heavy atom. The van der Waals surface area contributed by atoms with E-state index in [-0.39, 0.29) is 5.41 Å². The van der Waals surface area contributed by atoms with Gasteiger partial charge in [-0.1, -0.05) is 19.9 Å². The molecule has 1 rings (SSSR count). The molecule has 0 fully saturated rings. The minimum absolute atomic E-state index is 0.0718. The summed E-state index contributed by atoms with van der Waals surface area (Å²) >= 11 is 0. The second-order valence-corrected chi connectivity index (χ2v) is 5.75. The maximum atomic E-state index is 11.8. The van der Waals surface area contributed by atoms with Gasteiger partial charge in [0.15, 0.2) is 0 Å². The summed E-state index contributed by atoms with van der Waals surface area (Å²) in [5, 5.41) is 3.31. The summed E-state index contributed by atoms with van der Waals surface area (Å²) < 4.78 is 10.1. The van der Waals surface area contributed by atoms with Gasteiger partial charge in [0, 0.05) is 20.3 Å². The van der Waals surface area contributed by atoms with E-state index in [1.54, 1.807) is 26.2 Å². The third-order valence-corrected chi connectivity index (χ3v) is 3.34. The Kier molecular flexibility index (Phi) is 6.49. The molecule has 118 valence electrons. The van der Waals surface area contributed by atoms with Gasteiger partial charge in [-0.05, 0) is 30.9 Å². The Balaban J connectivity index is 2.76. The Morgan fingerprint density at radius 1 is 1.38 bits per heavy atom. The van der Waals surface area contributed by atoms with Crippen molar-refractivity contribution in [3.05, 3.63) is 23.8 Å². The molecule has 0 unspecified atom stereocenters. The fourth-order valence-corrected chi connectivity index (χ4v) is 1.91. The Morgan fingerprint density at radius 3 is 2.71 bits per heavy atom. The van der Waals surface area contributed by atoms with Crippen molar-refractivity contribution < 1.29 is 14.3 Å². The number of hydrogen-bond acceptors (Lipinski definition) is 5. The summed E-state index contributed by atoms with van der Waals surface area (Å²) in [7, 11) is 1.70. The number of rotatable bonds is 8. The molecule has 0 atom stereocenters. The Bertz CT molecular complexity index is 473. The molecule has 0 aromatic heterocycles. The van der Waals surface area contributed by atoms with Gasteiger partial charge in [-0.25, -0.2) is 4.79 Å². The lowest BCUT2D eigenvalue weighted by Crippen LogP contribution is -2.25. The van der Waals surface area contributed by atoms with Gasteiger partial charge in [-0.2, -0.15) is 0 Å². The van der Waals surface area contributed by atoms with E-state index in [1.165, 1.54) is 0 Å². The van der Waals surface area contributed by atoms with Crippen LogP contribution in [0.15, 0.2) is 18.2 Å². The van der Waals surface area contributed by atoms with Gasteiger partial charge in [-0.3, -0.25) is 0 Å². The summed E-state index contributed by atoms with van der Waals surface area (Å²) in [6.45, 7) is 7.88. The number of nitrogens with one attached hydrogen (secondary N) is 1. The molecular weight excluding hydrogens is 268 g/mol. The summed E-state index contributed by atoms with van der Waals surface area (Å²) in [4.78, 5) is 11.8. The average Bonchev–Trinajstić information content (AvgIpc) is 2.44. The van der Waals surface area contributed by atoms with Crippen molar-refractivity contribution in [2.45, 2.75) is 27.2 Å². The van der Waals surface area contributed by atoms with Crippen LogP contribution >= 0.6 is 0 Å². The molecule has 1 aromatic rings. The highest BCUT2D eigenvalue weighted by molar-refractivity contribution is 5.98. The van der Waals surface area contributed by atoms with Gasteiger partial charge in [0.2, 0.25) is 0 Å². The van der Waals surface area contributed by atoms with Gasteiger partial charge in [0.25, 0.3) is 0 Å². The number of benzene rings is 1. The summed E-state index contributed by atoms with van der Waals surface area (Å²) in [6, 6.07) is 5.34. The first kappa shape index (κ1) is 17.3. The van der Waals surface area contributed by atoms with Gasteiger partial charge in [0.05, 0.1) is 23.5 Å². The number of para-hydroxylation sites is 1. The second-order valence-electron chi connectivity index (χ2n) is 5.75. The van der Waals surface area contributed by atoms with Gasteiger partial charge >= 0.3 is 5.97 Å². The van der Waals surface area contributed by atoms with Crippen LogP contribution in [0.2, 0.25) is 0 Å². The third kappa shape index (κ3) is 5.27. The van der Waals surface area contributed by atoms with Crippen LogP contribution in [0.1, 0.15) is 37.6 Å². The van der Waals surface area contributed by atoms with E-state index in [1.807, 2.05) is 6.07 Å². The zero-order valence-corrected chi connectivity index (χ0v) is 13.4. The van der Waals surface area contributed by atoms with E-state index in [0.29, 0.717) is 24.5 Å². The van der Waals surface area contributed by atoms with Crippen LogP contribution in [0, 0.1) is 5.41 Å². The maximum Gasteiger partial charge on any atom is 0.340 e. The number of carbonyl (C=O) groups is 1. The average molecular weight is 294 g/mol. The van der Waals surface area contributed by atoms with Crippen molar-refractivity contribution in [2.24, 2.45) is 5.41 Å². The molecule has 5 heteroatoms. The van der Waals surface area contributed by atoms with E-state index in [9.17, 15) is 4.79 Å². The predicted molar refractivity (Wildman–Crippen MR) is 85.6 cm³/mol. The van der Waals surface area contributed by atoms with Crippen molar-refractivity contribution >= 4 is 17.3 Å². The Hall–Kier alpha value is -1.75. The van der Waals surface area contributed by atoms with Crippen LogP contribution in [-0.2, 0) is 9.47 Å². The minimum atomic E-state index is -0.391. The van der Waals surface area contributed by atoms with Crippen molar-refractivity contribution in [1.29, 1.82) is 0 Å². The second kappa shape index (κ2) is 7.88. The van der Waals surface area contributed by atoms with Crippen LogP contribution < -0.4 is 11.1 Å². The molecule has 0 saturated heterocycles. The van der Waals surface area contributed by atoms with E-state index >= 15 is 0 Å². The van der Waals surface area contributed by atoms with Crippen LogP contribution in [0.5, 0.6) is 0 Å². The first-order valence-electron chi connectivity index (χ1n) is 7.19. The molecule has 3 N–H and O–H groups in total. The molecule has 0 amide bonds. The molecule has 5 nitrogen and oxygen atoms in total. The number of methoxy groups -OCH3 is 1. The summed E-state index contributed by atoms with van der Waals surface area (Å²) in [5.74, 6) is -0.391. The minimum Gasteiger partial charge on any atom is -0.462 e. The zero-order valence-electron chi connectivity index (χ0n) is 13.4. The van der Waals surface area contributed by atoms with Crippen LogP contribution in [0.3, 0.4) is 0 Å². The normalized spacial score (nSPS) is 11.2. The molecule has 0 heterocycles. The smallest absolute Gasteiger partial charge is 0.340 e. The molecule has 0 radical (unpaired) electrons. The predicted octanol–water partition coefficient (Wildman–Crippen LogP) is 2.92. The zero-order chi connectivity index (χ0) is 15.9. The maximum absolute atomic E-state index is 11.8. The van der Waals surface area contributed by atoms with Crippen LogP contribution in [0.25, 0.3) is 0 Å². The molecule has 0 aliphatic rings. The van der Waals surface area contributed by atoms with E-state index < -0.39 is 5.97 Å². The molecular formula is C16H26N2O3. The van der Waals surface area contributed by atoms with Crippen molar-refractivity contribution in [1.82, 2.24) is 0 Å². The first-order chi connectivity index (χ1) is 9.91. The largest absolute Gasteiger partial charge is 0.462 e.